The van der Waals surface area contributed by atoms with Gasteiger partial charge in [-0.15, -0.1) is 0 Å². The van der Waals surface area contributed by atoms with Crippen molar-refractivity contribution in [2.24, 2.45) is 0 Å². The highest BCUT2D eigenvalue weighted by molar-refractivity contribution is 14.1. The third kappa shape index (κ3) is 2.40. The van der Waals surface area contributed by atoms with Crippen molar-refractivity contribution in [1.82, 2.24) is 3.97 Å². The second kappa shape index (κ2) is 4.45. The van der Waals surface area contributed by atoms with Crippen LogP contribution in [0.5, 0.6) is 0 Å². The molecule has 0 radical (unpaired) electrons. The van der Waals surface area contributed by atoms with Gasteiger partial charge in [0.15, 0.2) is 0 Å². The molecule has 0 fully saturated rings. The van der Waals surface area contributed by atoms with Crippen molar-refractivity contribution in [2.75, 3.05) is 0 Å². The molecule has 0 saturated carbocycles. The van der Waals surface area contributed by atoms with Crippen LogP contribution in [0.2, 0.25) is 0 Å². The molecule has 1 heterocycles. The molecule has 0 aliphatic heterocycles. The van der Waals surface area contributed by atoms with Gasteiger partial charge < -0.3 is 0 Å². The van der Waals surface area contributed by atoms with Crippen LogP contribution in [0.25, 0.3) is 0 Å². The van der Waals surface area contributed by atoms with Crippen molar-refractivity contribution in [3.05, 3.63) is 51.4 Å². The van der Waals surface area contributed by atoms with E-state index >= 15 is 0 Å². The van der Waals surface area contributed by atoms with Crippen LogP contribution in [0.4, 0.5) is 0 Å². The summed E-state index contributed by atoms with van der Waals surface area (Å²) in [5.74, 6) is 0. The zero-order valence-electron chi connectivity index (χ0n) is 9.51. The average molecular weight is 361 g/mol. The summed E-state index contributed by atoms with van der Waals surface area (Å²) in [5.41, 5.74) is 1.76. The molecule has 0 atom stereocenters. The van der Waals surface area contributed by atoms with Crippen LogP contribution in [0.15, 0.2) is 41.4 Å². The maximum atomic E-state index is 12.3. The average Bonchev–Trinajstić information content (AvgIpc) is 2.59. The number of benzene rings is 1. The summed E-state index contributed by atoms with van der Waals surface area (Å²) in [5, 5.41) is 0. The van der Waals surface area contributed by atoms with Gasteiger partial charge in [0.25, 0.3) is 10.0 Å². The molecule has 5 heteroatoms. The van der Waals surface area contributed by atoms with E-state index in [1.165, 1.54) is 3.97 Å². The van der Waals surface area contributed by atoms with E-state index in [2.05, 4.69) is 22.6 Å². The molecular formula is C12H12INO2S. The third-order valence-corrected chi connectivity index (χ3v) is 4.88. The van der Waals surface area contributed by atoms with Crippen LogP contribution in [-0.2, 0) is 10.0 Å². The van der Waals surface area contributed by atoms with Crippen LogP contribution < -0.4 is 0 Å². The summed E-state index contributed by atoms with van der Waals surface area (Å²) in [4.78, 5) is 0.318. The summed E-state index contributed by atoms with van der Waals surface area (Å²) in [6.07, 6.45) is 1.63. The lowest BCUT2D eigenvalue weighted by atomic mass is 10.2. The monoisotopic (exact) mass is 361 g/mol. The molecule has 0 amide bonds. The van der Waals surface area contributed by atoms with Crippen molar-refractivity contribution >= 4 is 32.6 Å². The second-order valence-electron chi connectivity index (χ2n) is 3.91. The Hall–Kier alpha value is -0.820. The Bertz CT molecular complexity index is 642. The van der Waals surface area contributed by atoms with Gasteiger partial charge in [-0.2, -0.15) is 0 Å². The molecule has 17 heavy (non-hydrogen) atoms. The van der Waals surface area contributed by atoms with Gasteiger partial charge in [-0.25, -0.2) is 12.4 Å². The standard InChI is InChI=1S/C12H12INO2S/c1-9-3-5-12(6-4-9)17(15,16)14-8-11(13)7-10(14)2/h3-8H,1-2H3. The van der Waals surface area contributed by atoms with Crippen molar-refractivity contribution in [3.8, 4) is 0 Å². The van der Waals surface area contributed by atoms with Gasteiger partial charge in [-0.3, -0.25) is 0 Å². The van der Waals surface area contributed by atoms with Crippen molar-refractivity contribution in [1.29, 1.82) is 0 Å². The van der Waals surface area contributed by atoms with Crippen LogP contribution in [-0.4, -0.2) is 12.4 Å². The van der Waals surface area contributed by atoms with E-state index in [1.807, 2.05) is 13.0 Å². The summed E-state index contributed by atoms with van der Waals surface area (Å²) >= 11 is 2.11. The minimum atomic E-state index is -3.45. The highest BCUT2D eigenvalue weighted by atomic mass is 127. The molecule has 1 aromatic heterocycles. The maximum Gasteiger partial charge on any atom is 0.267 e. The van der Waals surface area contributed by atoms with Gasteiger partial charge in [0.05, 0.1) is 4.90 Å². The fourth-order valence-electron chi connectivity index (χ4n) is 1.60. The SMILES string of the molecule is Cc1ccc(S(=O)(=O)n2cc(I)cc2C)cc1. The van der Waals surface area contributed by atoms with E-state index < -0.39 is 10.0 Å². The van der Waals surface area contributed by atoms with Gasteiger partial charge in [-0.1, -0.05) is 17.7 Å². The van der Waals surface area contributed by atoms with Crippen molar-refractivity contribution < 1.29 is 8.42 Å². The third-order valence-electron chi connectivity index (χ3n) is 2.51. The first kappa shape index (κ1) is 12.6. The highest BCUT2D eigenvalue weighted by Gasteiger charge is 2.18. The van der Waals surface area contributed by atoms with E-state index in [9.17, 15) is 8.42 Å². The zero-order valence-corrected chi connectivity index (χ0v) is 12.5. The Morgan fingerprint density at radius 3 is 2.18 bits per heavy atom. The first-order chi connectivity index (χ1) is 7.91. The molecular weight excluding hydrogens is 349 g/mol. The smallest absolute Gasteiger partial charge is 0.245 e. The lowest BCUT2D eigenvalue weighted by Crippen LogP contribution is -2.13. The van der Waals surface area contributed by atoms with E-state index in [0.717, 1.165) is 14.8 Å². The molecule has 0 spiro atoms. The van der Waals surface area contributed by atoms with Crippen molar-refractivity contribution in [3.63, 3.8) is 0 Å². The molecule has 3 nitrogen and oxygen atoms in total. The molecule has 0 aliphatic rings. The van der Waals surface area contributed by atoms with Gasteiger partial charge in [0.1, 0.15) is 0 Å². The summed E-state index contributed by atoms with van der Waals surface area (Å²) in [7, 11) is -3.45. The molecule has 2 rings (SSSR count). The molecule has 2 aromatic rings. The van der Waals surface area contributed by atoms with Gasteiger partial charge in [0, 0.05) is 15.5 Å². The normalized spacial score (nSPS) is 11.7. The molecule has 0 saturated heterocycles. The highest BCUT2D eigenvalue weighted by Crippen LogP contribution is 2.19. The van der Waals surface area contributed by atoms with Crippen LogP contribution in [0.1, 0.15) is 11.3 Å². The van der Waals surface area contributed by atoms with E-state index in [0.29, 0.717) is 4.90 Å². The minimum Gasteiger partial charge on any atom is -0.245 e. The summed E-state index contributed by atoms with van der Waals surface area (Å²) < 4.78 is 26.9. The topological polar surface area (TPSA) is 39.1 Å². The molecule has 0 aliphatic carbocycles. The quantitative estimate of drug-likeness (QED) is 0.772. The first-order valence-electron chi connectivity index (χ1n) is 5.08. The van der Waals surface area contributed by atoms with Gasteiger partial charge in [-0.05, 0) is 54.6 Å². The molecule has 90 valence electrons. The summed E-state index contributed by atoms with van der Waals surface area (Å²) in [6.45, 7) is 3.72. The molecule has 0 unspecified atom stereocenters. The summed E-state index contributed by atoms with van der Waals surface area (Å²) in [6, 6.07) is 8.72. The van der Waals surface area contributed by atoms with Crippen LogP contribution in [0, 0.1) is 17.4 Å². The van der Waals surface area contributed by atoms with Gasteiger partial charge in [0.2, 0.25) is 0 Å². The zero-order chi connectivity index (χ0) is 12.6. The molecule has 0 N–H and O–H groups in total. The lowest BCUT2D eigenvalue weighted by Gasteiger charge is -2.08. The Morgan fingerprint density at radius 2 is 1.71 bits per heavy atom. The number of aryl methyl sites for hydroxylation is 2. The fourth-order valence-corrected chi connectivity index (χ4v) is 3.91. The van der Waals surface area contributed by atoms with Crippen LogP contribution >= 0.6 is 22.6 Å². The number of halogens is 1. The maximum absolute atomic E-state index is 12.3. The Labute approximate surface area is 115 Å². The fraction of sp³-hybridized carbons (Fsp3) is 0.167. The number of rotatable bonds is 2. The van der Waals surface area contributed by atoms with Crippen molar-refractivity contribution in [2.45, 2.75) is 18.7 Å². The molecule has 1 aromatic carbocycles. The Balaban J connectivity index is 2.57. The van der Waals surface area contributed by atoms with E-state index in [4.69, 9.17) is 0 Å². The van der Waals surface area contributed by atoms with E-state index in [-0.39, 0.29) is 0 Å². The number of hydrogen-bond acceptors (Lipinski definition) is 2. The van der Waals surface area contributed by atoms with Gasteiger partial charge >= 0.3 is 0 Å². The first-order valence-corrected chi connectivity index (χ1v) is 7.60. The Morgan fingerprint density at radius 1 is 1.12 bits per heavy atom. The van der Waals surface area contributed by atoms with Crippen LogP contribution in [0.3, 0.4) is 0 Å². The minimum absolute atomic E-state index is 0.318. The predicted molar refractivity (Wildman–Crippen MR) is 75.6 cm³/mol. The molecule has 0 bridgehead atoms. The Kier molecular flexibility index (Phi) is 3.31. The number of aromatic nitrogens is 1. The predicted octanol–water partition coefficient (Wildman–Crippen LogP) is 2.95. The lowest BCUT2D eigenvalue weighted by molar-refractivity contribution is 0.586. The van der Waals surface area contributed by atoms with E-state index in [1.54, 1.807) is 37.4 Å². The number of hydrogen-bond donors (Lipinski definition) is 0. The second-order valence-corrected chi connectivity index (χ2v) is 6.97. The number of nitrogens with zero attached hydrogens (tertiary/aromatic N) is 1. The largest absolute Gasteiger partial charge is 0.267 e.